The summed E-state index contributed by atoms with van der Waals surface area (Å²) in [5.74, 6) is 0.396. The van der Waals surface area contributed by atoms with E-state index in [1.807, 2.05) is 24.3 Å². The summed E-state index contributed by atoms with van der Waals surface area (Å²) in [5.41, 5.74) is 18.8. The minimum atomic E-state index is -0.484. The van der Waals surface area contributed by atoms with E-state index < -0.39 is 5.41 Å². The van der Waals surface area contributed by atoms with Crippen LogP contribution in [-0.2, 0) is 5.41 Å². The zero-order chi connectivity index (χ0) is 35.5. The number of rotatable bonds is 4. The molecule has 2 aromatic heterocycles. The lowest BCUT2D eigenvalue weighted by Gasteiger charge is -2.31. The fourth-order valence-corrected chi connectivity index (χ4v) is 8.54. The van der Waals surface area contributed by atoms with Crippen LogP contribution in [-0.4, -0.2) is 9.97 Å². The van der Waals surface area contributed by atoms with Gasteiger partial charge in [-0.05, 0) is 125 Å². The largest absolute Gasteiger partial charge is 0.361 e. The molecule has 244 valence electrons. The normalized spacial score (nSPS) is 12.6. The van der Waals surface area contributed by atoms with E-state index in [2.05, 4.69) is 154 Å². The predicted molar refractivity (Wildman–Crippen MR) is 211 cm³/mol. The fourth-order valence-electron chi connectivity index (χ4n) is 8.54. The monoisotopic (exact) mass is 672 g/mol. The molecule has 1 spiro atoms. The van der Waals surface area contributed by atoms with E-state index in [-0.39, 0.29) is 0 Å². The molecule has 6 aromatic carbocycles. The molecule has 0 saturated carbocycles. The van der Waals surface area contributed by atoms with Gasteiger partial charge in [-0.1, -0.05) is 128 Å². The van der Waals surface area contributed by atoms with Crippen LogP contribution in [0.4, 0.5) is 5.82 Å². The van der Waals surface area contributed by atoms with Crippen LogP contribution >= 0.6 is 0 Å². The second-order valence-corrected chi connectivity index (χ2v) is 13.6. The maximum absolute atomic E-state index is 9.37. The van der Waals surface area contributed by atoms with E-state index >= 15 is 0 Å². The number of benzene rings is 6. The van der Waals surface area contributed by atoms with Crippen molar-refractivity contribution in [2.45, 2.75) is 5.41 Å². The number of nitriles is 1. The number of pyridine rings is 2. The zero-order valence-corrected chi connectivity index (χ0v) is 28.5. The molecule has 0 N–H and O–H groups in total. The van der Waals surface area contributed by atoms with Crippen molar-refractivity contribution in [2.24, 2.45) is 0 Å². The SMILES string of the molecule is [C-]#[N+]c1cc(-c2ccc(-c3ccc4c(c3)C3(c5ccccc5-c5ccccc53)c3cc(-c5ccc(-c6ccnc(C#N)c6)cc5)ccc3-4)cc2)ccn1. The van der Waals surface area contributed by atoms with Crippen molar-refractivity contribution in [3.63, 3.8) is 0 Å². The molecule has 0 atom stereocenters. The molecule has 0 radical (unpaired) electrons. The number of fused-ring (bicyclic) bond motifs is 10. The summed E-state index contributed by atoms with van der Waals surface area (Å²) in [6.45, 7) is 7.37. The maximum Gasteiger partial charge on any atom is 0.270 e. The summed E-state index contributed by atoms with van der Waals surface area (Å²) < 4.78 is 0. The Labute approximate surface area is 307 Å². The van der Waals surface area contributed by atoms with Gasteiger partial charge in [-0.3, -0.25) is 0 Å². The van der Waals surface area contributed by atoms with E-state index in [1.54, 1.807) is 12.4 Å². The molecule has 0 saturated heterocycles. The second-order valence-electron chi connectivity index (χ2n) is 13.6. The van der Waals surface area contributed by atoms with Crippen LogP contribution in [0.1, 0.15) is 27.9 Å². The Morgan fingerprint density at radius 2 is 0.849 bits per heavy atom. The number of hydrogen-bond acceptors (Lipinski definition) is 3. The Kier molecular flexibility index (Phi) is 6.80. The van der Waals surface area contributed by atoms with Crippen molar-refractivity contribution in [3.05, 3.63) is 209 Å². The van der Waals surface area contributed by atoms with Gasteiger partial charge in [0, 0.05) is 6.20 Å². The summed E-state index contributed by atoms with van der Waals surface area (Å²) in [5, 5.41) is 9.37. The first-order valence-electron chi connectivity index (χ1n) is 17.6. The fraction of sp³-hybridized carbons (Fsp3) is 0.0204. The molecule has 2 aliphatic carbocycles. The molecule has 0 fully saturated rings. The topological polar surface area (TPSA) is 53.9 Å². The first-order chi connectivity index (χ1) is 26.1. The molecule has 0 unspecified atom stereocenters. The molecule has 10 rings (SSSR count). The van der Waals surface area contributed by atoms with E-state index in [9.17, 15) is 5.26 Å². The molecule has 2 aliphatic rings. The lowest BCUT2D eigenvalue weighted by atomic mass is 9.70. The molecule has 53 heavy (non-hydrogen) atoms. The number of aromatic nitrogens is 2. The third kappa shape index (κ3) is 4.60. The Balaban J connectivity index is 1.13. The lowest BCUT2D eigenvalue weighted by molar-refractivity contribution is 0.794. The summed E-state index contributed by atoms with van der Waals surface area (Å²) in [6, 6.07) is 58.6. The minimum absolute atomic E-state index is 0.396. The Bertz CT molecular complexity index is 2660. The smallest absolute Gasteiger partial charge is 0.270 e. The van der Waals surface area contributed by atoms with E-state index in [4.69, 9.17) is 6.57 Å². The standard InChI is InChI=1S/C49H28N4/c1-51-48-29-38(23-25-53-48)34-16-12-32(13-17-34)36-19-21-43-42-20-18-35(31-10-14-33(15-11-31)37-22-24-52-39(26-37)30-50)27-46(42)49(47(43)28-36)44-8-4-2-6-40(44)41-7-3-5-9-45(41)49/h2-29H. The van der Waals surface area contributed by atoms with Gasteiger partial charge in [0.15, 0.2) is 0 Å². The average Bonchev–Trinajstić information content (AvgIpc) is 3.70. The van der Waals surface area contributed by atoms with Gasteiger partial charge in [0.1, 0.15) is 18.0 Å². The van der Waals surface area contributed by atoms with Crippen LogP contribution in [0.5, 0.6) is 0 Å². The van der Waals surface area contributed by atoms with Gasteiger partial charge >= 0.3 is 0 Å². The second kappa shape index (κ2) is 11.8. The van der Waals surface area contributed by atoms with Gasteiger partial charge in [-0.25, -0.2) is 4.98 Å². The molecular weight excluding hydrogens is 645 g/mol. The van der Waals surface area contributed by atoms with Gasteiger partial charge in [-0.2, -0.15) is 5.26 Å². The first kappa shape index (κ1) is 30.4. The molecule has 4 nitrogen and oxygen atoms in total. The van der Waals surface area contributed by atoms with Crippen molar-refractivity contribution in [3.8, 4) is 72.8 Å². The minimum Gasteiger partial charge on any atom is -0.361 e. The maximum atomic E-state index is 9.37. The van der Waals surface area contributed by atoms with Crippen LogP contribution < -0.4 is 0 Å². The molecule has 0 bridgehead atoms. The molecular formula is C49H28N4. The summed E-state index contributed by atoms with van der Waals surface area (Å²) in [7, 11) is 0. The molecule has 2 heterocycles. The highest BCUT2D eigenvalue weighted by atomic mass is 14.8. The highest BCUT2D eigenvalue weighted by Crippen LogP contribution is 2.63. The molecule has 4 heteroatoms. The quantitative estimate of drug-likeness (QED) is 0.175. The number of hydrogen-bond donors (Lipinski definition) is 0. The van der Waals surface area contributed by atoms with Crippen LogP contribution in [0.25, 0.3) is 71.6 Å². The third-order valence-electron chi connectivity index (χ3n) is 10.9. The van der Waals surface area contributed by atoms with E-state index in [1.165, 1.54) is 44.5 Å². The Morgan fingerprint density at radius 3 is 1.34 bits per heavy atom. The van der Waals surface area contributed by atoms with Crippen molar-refractivity contribution in [2.75, 3.05) is 0 Å². The lowest BCUT2D eigenvalue weighted by Crippen LogP contribution is -2.26. The highest BCUT2D eigenvalue weighted by Gasteiger charge is 2.51. The van der Waals surface area contributed by atoms with E-state index in [0.717, 1.165) is 44.5 Å². The van der Waals surface area contributed by atoms with Crippen molar-refractivity contribution >= 4 is 5.82 Å². The van der Waals surface area contributed by atoms with Crippen LogP contribution in [0.2, 0.25) is 0 Å². The summed E-state index contributed by atoms with van der Waals surface area (Å²) in [6.07, 6.45) is 3.38. The van der Waals surface area contributed by atoms with Crippen molar-refractivity contribution in [1.29, 1.82) is 5.26 Å². The number of nitrogens with zero attached hydrogens (tertiary/aromatic N) is 4. The van der Waals surface area contributed by atoms with Crippen molar-refractivity contribution in [1.82, 2.24) is 9.97 Å². The van der Waals surface area contributed by atoms with Gasteiger partial charge in [0.25, 0.3) is 5.82 Å². The van der Waals surface area contributed by atoms with E-state index in [0.29, 0.717) is 11.5 Å². The first-order valence-corrected chi connectivity index (χ1v) is 17.6. The molecule has 0 amide bonds. The molecule has 8 aromatic rings. The Hall–Kier alpha value is -7.40. The van der Waals surface area contributed by atoms with Crippen LogP contribution in [0.15, 0.2) is 170 Å². The summed E-state index contributed by atoms with van der Waals surface area (Å²) in [4.78, 5) is 11.8. The van der Waals surface area contributed by atoms with Gasteiger partial charge < -0.3 is 4.85 Å². The average molecular weight is 673 g/mol. The van der Waals surface area contributed by atoms with Crippen molar-refractivity contribution < 1.29 is 0 Å². The van der Waals surface area contributed by atoms with Gasteiger partial charge in [0.2, 0.25) is 0 Å². The van der Waals surface area contributed by atoms with Crippen LogP contribution in [0.3, 0.4) is 0 Å². The predicted octanol–water partition coefficient (Wildman–Crippen LogP) is 11.9. The third-order valence-corrected chi connectivity index (χ3v) is 10.9. The Morgan fingerprint density at radius 1 is 0.434 bits per heavy atom. The van der Waals surface area contributed by atoms with Crippen LogP contribution in [0, 0.1) is 17.9 Å². The van der Waals surface area contributed by atoms with Gasteiger partial charge in [0.05, 0.1) is 5.41 Å². The molecule has 0 aliphatic heterocycles. The summed E-state index contributed by atoms with van der Waals surface area (Å²) >= 11 is 0. The zero-order valence-electron chi connectivity index (χ0n) is 28.5. The highest BCUT2D eigenvalue weighted by molar-refractivity contribution is 5.97. The van der Waals surface area contributed by atoms with Gasteiger partial charge in [-0.15, -0.1) is 4.98 Å².